The minimum Gasteiger partial charge on any atom is -0.382 e. The highest BCUT2D eigenvalue weighted by atomic mass is 16.5. The van der Waals surface area contributed by atoms with Crippen LogP contribution in [0.2, 0.25) is 0 Å². The summed E-state index contributed by atoms with van der Waals surface area (Å²) < 4.78 is 13.9. The van der Waals surface area contributed by atoms with Crippen molar-refractivity contribution in [2.24, 2.45) is 0 Å². The van der Waals surface area contributed by atoms with E-state index < -0.39 is 0 Å². The van der Waals surface area contributed by atoms with Gasteiger partial charge in [-0.15, -0.1) is 0 Å². The molecule has 0 saturated carbocycles. The Morgan fingerprint density at radius 2 is 1.70 bits per heavy atom. The molecule has 2 atom stereocenters. The molecular formula is C27H36NO2+. The first-order chi connectivity index (χ1) is 14.4. The van der Waals surface area contributed by atoms with E-state index in [1.54, 1.807) is 7.11 Å². The zero-order valence-electron chi connectivity index (χ0n) is 19.4. The summed E-state index contributed by atoms with van der Waals surface area (Å²) in [6, 6.07) is 15.5. The van der Waals surface area contributed by atoms with Crippen LogP contribution in [0.4, 0.5) is 0 Å². The summed E-state index contributed by atoms with van der Waals surface area (Å²) in [4.78, 5) is 0. The van der Waals surface area contributed by atoms with Crippen LogP contribution in [0.15, 0.2) is 48.7 Å². The monoisotopic (exact) mass is 406 g/mol. The average molecular weight is 407 g/mol. The van der Waals surface area contributed by atoms with Gasteiger partial charge in [0.25, 0.3) is 0 Å². The van der Waals surface area contributed by atoms with Gasteiger partial charge in [0, 0.05) is 24.1 Å². The third-order valence-corrected chi connectivity index (χ3v) is 5.94. The minimum atomic E-state index is 0.178. The topological polar surface area (TPSA) is 22.3 Å². The fourth-order valence-corrected chi connectivity index (χ4v) is 4.32. The number of aromatic nitrogens is 1. The van der Waals surface area contributed by atoms with Crippen molar-refractivity contribution >= 4 is 10.8 Å². The van der Waals surface area contributed by atoms with E-state index in [-0.39, 0.29) is 12.2 Å². The summed E-state index contributed by atoms with van der Waals surface area (Å²) in [7, 11) is 1.75. The van der Waals surface area contributed by atoms with E-state index >= 15 is 0 Å². The van der Waals surface area contributed by atoms with E-state index in [9.17, 15) is 0 Å². The maximum atomic E-state index is 6.12. The molecule has 160 valence electrons. The molecule has 2 unspecified atom stereocenters. The number of benzene rings is 2. The van der Waals surface area contributed by atoms with E-state index in [4.69, 9.17) is 9.47 Å². The van der Waals surface area contributed by atoms with E-state index in [2.05, 4.69) is 87.8 Å². The number of hydrogen-bond donors (Lipinski definition) is 0. The van der Waals surface area contributed by atoms with Gasteiger partial charge in [-0.05, 0) is 69.2 Å². The van der Waals surface area contributed by atoms with Crippen LogP contribution in [0.1, 0.15) is 43.9 Å². The molecule has 1 heterocycles. The predicted octanol–water partition coefficient (Wildman–Crippen LogP) is 5.80. The van der Waals surface area contributed by atoms with Crippen LogP contribution < -0.4 is 4.57 Å². The van der Waals surface area contributed by atoms with Gasteiger partial charge in [-0.25, -0.2) is 0 Å². The second-order valence-corrected chi connectivity index (χ2v) is 8.41. The van der Waals surface area contributed by atoms with Crippen LogP contribution in [0, 0.1) is 13.8 Å². The Morgan fingerprint density at radius 1 is 0.967 bits per heavy atom. The lowest BCUT2D eigenvalue weighted by atomic mass is 9.94. The van der Waals surface area contributed by atoms with Crippen LogP contribution in [0.25, 0.3) is 22.0 Å². The van der Waals surface area contributed by atoms with Crippen LogP contribution in [-0.2, 0) is 22.4 Å². The Hall–Kier alpha value is -2.23. The number of methoxy groups -OCH3 is 1. The molecule has 0 aliphatic rings. The first kappa shape index (κ1) is 22.5. The van der Waals surface area contributed by atoms with Crippen molar-refractivity contribution in [1.29, 1.82) is 0 Å². The van der Waals surface area contributed by atoms with Crippen LogP contribution >= 0.6 is 0 Å². The Labute approximate surface area is 181 Å². The summed E-state index contributed by atoms with van der Waals surface area (Å²) >= 11 is 0. The molecule has 0 fully saturated rings. The molecule has 0 spiro atoms. The zero-order chi connectivity index (χ0) is 21.7. The highest BCUT2D eigenvalue weighted by molar-refractivity contribution is 5.84. The van der Waals surface area contributed by atoms with Crippen molar-refractivity contribution in [2.75, 3.05) is 13.7 Å². The predicted molar refractivity (Wildman–Crippen MR) is 125 cm³/mol. The number of aryl methyl sites for hydroxylation is 2. The van der Waals surface area contributed by atoms with E-state index in [1.807, 2.05) is 0 Å². The fourth-order valence-electron chi connectivity index (χ4n) is 4.32. The molecule has 0 radical (unpaired) electrons. The van der Waals surface area contributed by atoms with Gasteiger partial charge in [0.1, 0.15) is 6.61 Å². The van der Waals surface area contributed by atoms with Gasteiger partial charge in [0.2, 0.25) is 5.69 Å². The number of hydrogen-bond acceptors (Lipinski definition) is 2. The van der Waals surface area contributed by atoms with Gasteiger partial charge in [-0.3, -0.25) is 0 Å². The Bertz CT molecular complexity index is 996. The molecule has 3 nitrogen and oxygen atoms in total. The molecule has 3 aromatic rings. The Morgan fingerprint density at radius 3 is 2.40 bits per heavy atom. The lowest BCUT2D eigenvalue weighted by Crippen LogP contribution is -2.39. The van der Waals surface area contributed by atoms with E-state index in [0.717, 1.165) is 19.4 Å². The highest BCUT2D eigenvalue weighted by Gasteiger charge is 2.20. The quantitative estimate of drug-likeness (QED) is 0.419. The molecule has 0 saturated heterocycles. The van der Waals surface area contributed by atoms with Gasteiger partial charge in [0.05, 0.1) is 12.2 Å². The largest absolute Gasteiger partial charge is 0.382 e. The Balaban J connectivity index is 1.96. The Kier molecular flexibility index (Phi) is 7.63. The van der Waals surface area contributed by atoms with E-state index in [1.165, 1.54) is 38.7 Å². The molecule has 0 aliphatic heterocycles. The first-order valence-electron chi connectivity index (χ1n) is 11.1. The minimum absolute atomic E-state index is 0.178. The fraction of sp³-hybridized carbons (Fsp3) is 0.444. The molecule has 30 heavy (non-hydrogen) atoms. The summed E-state index contributed by atoms with van der Waals surface area (Å²) in [5.41, 5.74) is 6.69. The summed E-state index contributed by atoms with van der Waals surface area (Å²) in [5, 5.41) is 2.53. The van der Waals surface area contributed by atoms with Crippen LogP contribution in [0.3, 0.4) is 0 Å². The number of pyridine rings is 1. The van der Waals surface area contributed by atoms with Crippen LogP contribution in [-0.4, -0.2) is 25.9 Å². The van der Waals surface area contributed by atoms with Gasteiger partial charge in [-0.1, -0.05) is 36.8 Å². The molecule has 2 aromatic carbocycles. The van der Waals surface area contributed by atoms with Crippen molar-refractivity contribution in [3.05, 3.63) is 65.4 Å². The molecule has 0 amide bonds. The molecular weight excluding hydrogens is 370 g/mol. The van der Waals surface area contributed by atoms with E-state index in [0.29, 0.717) is 6.61 Å². The van der Waals surface area contributed by atoms with Crippen molar-refractivity contribution in [3.63, 3.8) is 0 Å². The summed E-state index contributed by atoms with van der Waals surface area (Å²) in [6.07, 6.45) is 4.59. The summed E-state index contributed by atoms with van der Waals surface area (Å²) in [5.74, 6) is 0. The molecule has 3 heteroatoms. The smallest absolute Gasteiger partial charge is 0.213 e. The van der Waals surface area contributed by atoms with Gasteiger partial charge in [-0.2, -0.15) is 4.57 Å². The molecule has 0 N–H and O–H groups in total. The highest BCUT2D eigenvalue weighted by Crippen LogP contribution is 2.28. The molecule has 1 aromatic heterocycles. The van der Waals surface area contributed by atoms with Crippen molar-refractivity contribution in [3.8, 4) is 11.3 Å². The molecule has 0 bridgehead atoms. The number of rotatable bonds is 9. The number of nitrogens with zero attached hydrogens (tertiary/aromatic N) is 1. The zero-order valence-corrected chi connectivity index (χ0v) is 19.4. The lowest BCUT2D eigenvalue weighted by molar-refractivity contribution is -0.686. The normalized spacial score (nSPS) is 13.5. The van der Waals surface area contributed by atoms with Crippen molar-refractivity contribution in [2.45, 2.75) is 66.2 Å². The number of ether oxygens (including phenoxy) is 2. The average Bonchev–Trinajstić information content (AvgIpc) is 2.72. The van der Waals surface area contributed by atoms with Crippen molar-refractivity contribution in [1.82, 2.24) is 0 Å². The maximum absolute atomic E-state index is 6.12. The second kappa shape index (κ2) is 10.2. The van der Waals surface area contributed by atoms with Gasteiger partial charge in [0.15, 0.2) is 12.7 Å². The third-order valence-electron chi connectivity index (χ3n) is 5.94. The maximum Gasteiger partial charge on any atom is 0.213 e. The SMILES string of the molecule is CCc1c(C)cc(C)cc1-c1cc2ccccc2c[n+]1CCOC(C)CC(C)OC. The van der Waals surface area contributed by atoms with Gasteiger partial charge < -0.3 is 9.47 Å². The third kappa shape index (κ3) is 5.27. The number of fused-ring (bicyclic) bond motifs is 1. The molecule has 0 aliphatic carbocycles. The lowest BCUT2D eigenvalue weighted by Gasteiger charge is -2.17. The second-order valence-electron chi connectivity index (χ2n) is 8.41. The summed E-state index contributed by atoms with van der Waals surface area (Å²) in [6.45, 7) is 12.4. The first-order valence-corrected chi connectivity index (χ1v) is 11.1. The van der Waals surface area contributed by atoms with Gasteiger partial charge >= 0.3 is 0 Å². The van der Waals surface area contributed by atoms with Crippen molar-refractivity contribution < 1.29 is 14.0 Å². The molecule has 3 rings (SSSR count). The van der Waals surface area contributed by atoms with Crippen LogP contribution in [0.5, 0.6) is 0 Å². The standard InChI is InChI=1S/C27H36NO2/c1-7-25-20(3)14-19(2)15-26(25)27-17-23-10-8-9-11-24(23)18-28(27)12-13-30-22(5)16-21(4)29-6/h8-11,14-15,17-18,21-22H,7,12-13,16H2,1-6H3/q+1.